The van der Waals surface area contributed by atoms with Gasteiger partial charge >= 0.3 is 0 Å². The van der Waals surface area contributed by atoms with Gasteiger partial charge in [-0.3, -0.25) is 0 Å². The number of ether oxygens (including phenoxy) is 1. The molecular weight excluding hydrogens is 236 g/mol. The van der Waals surface area contributed by atoms with Gasteiger partial charge < -0.3 is 15.4 Å². The van der Waals surface area contributed by atoms with E-state index in [0.717, 1.165) is 25.3 Å². The minimum Gasteiger partial charge on any atom is -0.486 e. The maximum atomic E-state index is 6.04. The average Bonchev–Trinajstić information content (AvgIpc) is 2.37. The molecule has 1 aromatic carbocycles. The predicted molar refractivity (Wildman–Crippen MR) is 81.1 cm³/mol. The number of benzene rings is 1. The van der Waals surface area contributed by atoms with Crippen LogP contribution in [0.4, 0.5) is 5.69 Å². The van der Waals surface area contributed by atoms with Gasteiger partial charge in [-0.05, 0) is 29.5 Å². The van der Waals surface area contributed by atoms with Gasteiger partial charge in [0.05, 0.1) is 12.2 Å². The topological polar surface area (TPSA) is 38.5 Å². The van der Waals surface area contributed by atoms with Crippen LogP contribution in [0.2, 0.25) is 0 Å². The van der Waals surface area contributed by atoms with Crippen LogP contribution >= 0.6 is 0 Å². The first kappa shape index (κ1) is 14.2. The van der Waals surface area contributed by atoms with Crippen LogP contribution in [0.1, 0.15) is 39.7 Å². The zero-order chi connectivity index (χ0) is 14.0. The van der Waals surface area contributed by atoms with E-state index in [9.17, 15) is 0 Å². The van der Waals surface area contributed by atoms with Gasteiger partial charge in [0.1, 0.15) is 11.9 Å². The summed E-state index contributed by atoms with van der Waals surface area (Å²) in [4.78, 5) is 2.36. The molecule has 0 amide bonds. The Morgan fingerprint density at radius 3 is 2.68 bits per heavy atom. The van der Waals surface area contributed by atoms with Crippen LogP contribution in [0.5, 0.6) is 5.75 Å². The molecule has 0 saturated heterocycles. The molecule has 2 rings (SSSR count). The van der Waals surface area contributed by atoms with E-state index in [2.05, 4.69) is 50.8 Å². The highest BCUT2D eigenvalue weighted by atomic mass is 16.5. The number of rotatable bonds is 3. The van der Waals surface area contributed by atoms with Crippen LogP contribution < -0.4 is 15.4 Å². The third-order valence-electron chi connectivity index (χ3n) is 3.74. The molecule has 0 radical (unpaired) electrons. The largest absolute Gasteiger partial charge is 0.486 e. The van der Waals surface area contributed by atoms with Crippen molar-refractivity contribution in [2.45, 2.75) is 45.6 Å². The third-order valence-corrected chi connectivity index (χ3v) is 3.74. The zero-order valence-corrected chi connectivity index (χ0v) is 12.6. The van der Waals surface area contributed by atoms with Gasteiger partial charge in [-0.25, -0.2) is 0 Å². The Bertz CT molecular complexity index is 437. The lowest BCUT2D eigenvalue weighted by Crippen LogP contribution is -2.42. The van der Waals surface area contributed by atoms with E-state index in [0.29, 0.717) is 6.54 Å². The monoisotopic (exact) mass is 262 g/mol. The highest BCUT2D eigenvalue weighted by molar-refractivity contribution is 5.62. The fraction of sp³-hybridized carbons (Fsp3) is 0.625. The first-order chi connectivity index (χ1) is 8.95. The Balaban J connectivity index is 2.37. The molecule has 0 fully saturated rings. The molecule has 0 aromatic heterocycles. The van der Waals surface area contributed by atoms with Crippen molar-refractivity contribution in [1.82, 2.24) is 0 Å². The molecule has 1 unspecified atom stereocenters. The lowest BCUT2D eigenvalue weighted by Gasteiger charge is -2.37. The second kappa shape index (κ2) is 5.41. The summed E-state index contributed by atoms with van der Waals surface area (Å²) in [5.74, 6) is 1.000. The van der Waals surface area contributed by atoms with E-state index in [4.69, 9.17) is 10.5 Å². The highest BCUT2D eigenvalue weighted by Gasteiger charge is 2.26. The fourth-order valence-electron chi connectivity index (χ4n) is 2.47. The predicted octanol–water partition coefficient (Wildman–Crippen LogP) is 2.92. The van der Waals surface area contributed by atoms with E-state index >= 15 is 0 Å². The number of fused-ring (bicyclic) bond motifs is 1. The number of anilines is 1. The summed E-state index contributed by atoms with van der Waals surface area (Å²) in [6.45, 7) is 11.4. The molecule has 1 aliphatic rings. The van der Waals surface area contributed by atoms with Crippen molar-refractivity contribution in [2.75, 3.05) is 24.5 Å². The van der Waals surface area contributed by atoms with Gasteiger partial charge in [0.15, 0.2) is 0 Å². The first-order valence-electron chi connectivity index (χ1n) is 7.22. The van der Waals surface area contributed by atoms with Crippen LogP contribution in [-0.2, 0) is 5.41 Å². The molecular formula is C16H26N2O. The van der Waals surface area contributed by atoms with Gasteiger partial charge in [-0.15, -0.1) is 0 Å². The summed E-state index contributed by atoms with van der Waals surface area (Å²) < 4.78 is 6.04. The van der Waals surface area contributed by atoms with Crippen LogP contribution in [0, 0.1) is 0 Å². The fourth-order valence-corrected chi connectivity index (χ4v) is 2.47. The molecule has 19 heavy (non-hydrogen) atoms. The zero-order valence-electron chi connectivity index (χ0n) is 12.6. The smallest absolute Gasteiger partial charge is 0.143 e. The molecule has 1 aliphatic heterocycles. The van der Waals surface area contributed by atoms with E-state index in [1.54, 1.807) is 0 Å². The van der Waals surface area contributed by atoms with Crippen molar-refractivity contribution >= 4 is 5.69 Å². The van der Waals surface area contributed by atoms with Gasteiger partial charge in [-0.2, -0.15) is 0 Å². The normalized spacial score (nSPS) is 19.0. The summed E-state index contributed by atoms with van der Waals surface area (Å²) in [5.41, 5.74) is 8.44. The molecule has 0 spiro atoms. The van der Waals surface area contributed by atoms with Crippen molar-refractivity contribution in [2.24, 2.45) is 5.73 Å². The van der Waals surface area contributed by atoms with Crippen LogP contribution in [0.15, 0.2) is 18.2 Å². The molecule has 0 aliphatic carbocycles. The SMILES string of the molecule is CCC1CN(CCN)c2cc(C(C)(C)C)ccc2O1. The Morgan fingerprint density at radius 1 is 1.37 bits per heavy atom. The molecule has 1 aromatic rings. The molecule has 0 bridgehead atoms. The third kappa shape index (κ3) is 3.03. The Hall–Kier alpha value is -1.22. The Kier molecular flexibility index (Phi) is 4.04. The molecule has 3 heteroatoms. The summed E-state index contributed by atoms with van der Waals surface area (Å²) >= 11 is 0. The average molecular weight is 262 g/mol. The first-order valence-corrected chi connectivity index (χ1v) is 7.22. The van der Waals surface area contributed by atoms with Crippen molar-refractivity contribution in [3.63, 3.8) is 0 Å². The lowest BCUT2D eigenvalue weighted by molar-refractivity contribution is 0.189. The minimum atomic E-state index is 0.158. The second-order valence-electron chi connectivity index (χ2n) is 6.32. The van der Waals surface area contributed by atoms with Gasteiger partial charge in [0.25, 0.3) is 0 Å². The number of nitrogens with two attached hydrogens (primary N) is 1. The van der Waals surface area contributed by atoms with Gasteiger partial charge in [0.2, 0.25) is 0 Å². The maximum Gasteiger partial charge on any atom is 0.143 e. The summed E-state index contributed by atoms with van der Waals surface area (Å²) in [5, 5.41) is 0. The molecule has 0 saturated carbocycles. The summed E-state index contributed by atoms with van der Waals surface area (Å²) in [7, 11) is 0. The molecule has 1 heterocycles. The second-order valence-corrected chi connectivity index (χ2v) is 6.32. The van der Waals surface area contributed by atoms with Crippen molar-refractivity contribution < 1.29 is 4.74 Å². The van der Waals surface area contributed by atoms with Gasteiger partial charge in [-0.1, -0.05) is 33.8 Å². The van der Waals surface area contributed by atoms with E-state index in [1.807, 2.05) is 0 Å². The Morgan fingerprint density at radius 2 is 2.11 bits per heavy atom. The quantitative estimate of drug-likeness (QED) is 0.910. The lowest BCUT2D eigenvalue weighted by atomic mass is 9.86. The molecule has 2 N–H and O–H groups in total. The van der Waals surface area contributed by atoms with E-state index in [1.165, 1.54) is 11.3 Å². The maximum absolute atomic E-state index is 6.04. The van der Waals surface area contributed by atoms with Crippen molar-refractivity contribution in [3.8, 4) is 5.75 Å². The van der Waals surface area contributed by atoms with Crippen LogP contribution in [-0.4, -0.2) is 25.7 Å². The van der Waals surface area contributed by atoms with Crippen LogP contribution in [0.25, 0.3) is 0 Å². The number of hydrogen-bond acceptors (Lipinski definition) is 3. The standard InChI is InChI=1S/C16H26N2O/c1-5-13-11-18(9-8-17)14-10-12(16(2,3)4)6-7-15(14)19-13/h6-7,10,13H,5,8-9,11,17H2,1-4H3. The molecule has 3 nitrogen and oxygen atoms in total. The van der Waals surface area contributed by atoms with Crippen LogP contribution in [0.3, 0.4) is 0 Å². The Labute approximate surface area is 116 Å². The minimum absolute atomic E-state index is 0.158. The van der Waals surface area contributed by atoms with E-state index in [-0.39, 0.29) is 11.5 Å². The molecule has 1 atom stereocenters. The van der Waals surface area contributed by atoms with Gasteiger partial charge in [0, 0.05) is 13.1 Å². The summed E-state index contributed by atoms with van der Waals surface area (Å²) in [6.07, 6.45) is 1.31. The number of nitrogens with zero attached hydrogens (tertiary/aromatic N) is 1. The summed E-state index contributed by atoms with van der Waals surface area (Å²) in [6, 6.07) is 6.55. The van der Waals surface area contributed by atoms with Crippen molar-refractivity contribution in [1.29, 1.82) is 0 Å². The van der Waals surface area contributed by atoms with Crippen molar-refractivity contribution in [3.05, 3.63) is 23.8 Å². The highest BCUT2D eigenvalue weighted by Crippen LogP contribution is 2.37. The van der Waals surface area contributed by atoms with E-state index < -0.39 is 0 Å². The number of hydrogen-bond donors (Lipinski definition) is 1. The molecule has 106 valence electrons.